The molecule has 1 aliphatic rings. The van der Waals surface area contributed by atoms with Crippen molar-refractivity contribution in [2.45, 2.75) is 6.54 Å². The van der Waals surface area contributed by atoms with Gasteiger partial charge in [0.2, 0.25) is 0 Å². The molecule has 0 unspecified atom stereocenters. The molecule has 3 aromatic carbocycles. The normalized spacial score (nSPS) is 13.3. The van der Waals surface area contributed by atoms with Crippen molar-refractivity contribution in [3.05, 3.63) is 97.9 Å². The third-order valence-corrected chi connectivity index (χ3v) is 5.22. The highest BCUT2D eigenvalue weighted by Crippen LogP contribution is 2.33. The van der Waals surface area contributed by atoms with E-state index in [9.17, 15) is 24.5 Å². The maximum Gasteiger partial charge on any atom is 0.336 e. The van der Waals surface area contributed by atoms with Crippen LogP contribution in [0.15, 0.2) is 69.9 Å². The highest BCUT2D eigenvalue weighted by molar-refractivity contribution is 6.23. The summed E-state index contributed by atoms with van der Waals surface area (Å²) in [7, 11) is 0. The number of hydrogen-bond donors (Lipinski definition) is 0. The maximum atomic E-state index is 12.9. The van der Waals surface area contributed by atoms with Gasteiger partial charge in [-0.15, -0.1) is 0 Å². The molecule has 0 saturated carbocycles. The van der Waals surface area contributed by atoms with Crippen LogP contribution in [0.2, 0.25) is 0 Å². The van der Waals surface area contributed by atoms with Crippen LogP contribution in [0.25, 0.3) is 21.7 Å². The van der Waals surface area contributed by atoms with Gasteiger partial charge >= 0.3 is 5.63 Å². The predicted molar refractivity (Wildman–Crippen MR) is 107 cm³/mol. The molecule has 1 aromatic heterocycles. The summed E-state index contributed by atoms with van der Waals surface area (Å²) in [6.07, 6.45) is 0. The number of fused-ring (bicyclic) bond motifs is 4. The summed E-state index contributed by atoms with van der Waals surface area (Å²) in [5, 5.41) is 13.6. The van der Waals surface area contributed by atoms with Crippen molar-refractivity contribution >= 4 is 39.2 Å². The van der Waals surface area contributed by atoms with Crippen LogP contribution >= 0.6 is 0 Å². The lowest BCUT2D eigenvalue weighted by Gasteiger charge is -2.15. The lowest BCUT2D eigenvalue weighted by molar-refractivity contribution is -0.385. The molecule has 8 nitrogen and oxygen atoms in total. The lowest BCUT2D eigenvalue weighted by atomic mass is 10.0. The molecule has 146 valence electrons. The Balaban J connectivity index is 1.68. The molecule has 0 radical (unpaired) electrons. The average molecular weight is 400 g/mol. The van der Waals surface area contributed by atoms with E-state index in [0.29, 0.717) is 16.5 Å². The first-order valence-corrected chi connectivity index (χ1v) is 9.04. The monoisotopic (exact) mass is 400 g/mol. The van der Waals surface area contributed by atoms with Gasteiger partial charge in [-0.05, 0) is 28.5 Å². The van der Waals surface area contributed by atoms with Gasteiger partial charge in [-0.1, -0.05) is 36.4 Å². The van der Waals surface area contributed by atoms with Crippen LogP contribution in [-0.2, 0) is 6.54 Å². The van der Waals surface area contributed by atoms with Crippen molar-refractivity contribution in [3.8, 4) is 0 Å². The summed E-state index contributed by atoms with van der Waals surface area (Å²) in [6.45, 7) is -0.209. The summed E-state index contributed by atoms with van der Waals surface area (Å²) in [4.78, 5) is 49.4. The minimum atomic E-state index is -0.760. The number of nitro benzene ring substituents is 1. The van der Waals surface area contributed by atoms with E-state index in [1.165, 1.54) is 24.3 Å². The van der Waals surface area contributed by atoms with Gasteiger partial charge in [0, 0.05) is 17.5 Å². The Morgan fingerprint density at radius 3 is 2.53 bits per heavy atom. The van der Waals surface area contributed by atoms with Gasteiger partial charge in [0.1, 0.15) is 11.1 Å². The van der Waals surface area contributed by atoms with Crippen LogP contribution in [0.5, 0.6) is 0 Å². The van der Waals surface area contributed by atoms with Crippen LogP contribution < -0.4 is 5.63 Å². The van der Waals surface area contributed by atoms with E-state index in [1.54, 1.807) is 6.07 Å². The first-order chi connectivity index (χ1) is 14.5. The number of carbonyl (C=O) groups is 2. The smallest absolute Gasteiger partial charge is 0.336 e. The van der Waals surface area contributed by atoms with Crippen LogP contribution in [-0.4, -0.2) is 21.6 Å². The van der Waals surface area contributed by atoms with Gasteiger partial charge < -0.3 is 4.42 Å². The topological polar surface area (TPSA) is 111 Å². The van der Waals surface area contributed by atoms with Gasteiger partial charge in [0.15, 0.2) is 0 Å². The number of imide groups is 1. The van der Waals surface area contributed by atoms with Crippen molar-refractivity contribution in [1.29, 1.82) is 0 Å². The summed E-state index contributed by atoms with van der Waals surface area (Å²) in [5.41, 5.74) is -0.531. The molecule has 8 heteroatoms. The SMILES string of the molecule is O=C1c2cccc([N+](=O)[O-])c2C(=O)N1Cc1cc(=O)oc2ccc3ccccc3c12. The van der Waals surface area contributed by atoms with Crippen molar-refractivity contribution in [3.63, 3.8) is 0 Å². The van der Waals surface area contributed by atoms with Crippen LogP contribution in [0.1, 0.15) is 26.3 Å². The number of amides is 2. The first kappa shape index (κ1) is 17.7. The molecule has 0 fully saturated rings. The lowest BCUT2D eigenvalue weighted by Crippen LogP contribution is -2.29. The highest BCUT2D eigenvalue weighted by Gasteiger charge is 2.41. The Labute approximate surface area is 168 Å². The Morgan fingerprint density at radius 1 is 0.933 bits per heavy atom. The first-order valence-electron chi connectivity index (χ1n) is 9.04. The fraction of sp³-hybridized carbons (Fsp3) is 0.0455. The van der Waals surface area contributed by atoms with Crippen LogP contribution in [0.4, 0.5) is 5.69 Å². The molecule has 30 heavy (non-hydrogen) atoms. The second-order valence-electron chi connectivity index (χ2n) is 6.90. The maximum absolute atomic E-state index is 12.9. The summed E-state index contributed by atoms with van der Waals surface area (Å²) >= 11 is 0. The molecule has 0 N–H and O–H groups in total. The third kappa shape index (κ3) is 2.51. The van der Waals surface area contributed by atoms with E-state index < -0.39 is 28.1 Å². The van der Waals surface area contributed by atoms with Gasteiger partial charge in [0.25, 0.3) is 17.5 Å². The quantitative estimate of drug-likeness (QED) is 0.171. The molecular weight excluding hydrogens is 388 g/mol. The molecule has 0 saturated heterocycles. The number of rotatable bonds is 3. The Bertz CT molecular complexity index is 1470. The number of nitrogens with zero attached hydrogens (tertiary/aromatic N) is 2. The van der Waals surface area contributed by atoms with Gasteiger partial charge in [0.05, 0.1) is 17.0 Å². The summed E-state index contributed by atoms with van der Waals surface area (Å²) < 4.78 is 5.31. The second kappa shape index (κ2) is 6.35. The number of benzene rings is 3. The predicted octanol–water partition coefficient (Wildman–Crippen LogP) is 3.65. The van der Waals surface area contributed by atoms with Gasteiger partial charge in [-0.3, -0.25) is 24.6 Å². The Morgan fingerprint density at radius 2 is 1.73 bits per heavy atom. The highest BCUT2D eigenvalue weighted by atomic mass is 16.6. The number of carbonyl (C=O) groups excluding carboxylic acids is 2. The van der Waals surface area contributed by atoms with E-state index in [2.05, 4.69) is 0 Å². The molecule has 0 spiro atoms. The zero-order valence-corrected chi connectivity index (χ0v) is 15.3. The van der Waals surface area contributed by atoms with Crippen molar-refractivity contribution in [1.82, 2.24) is 4.90 Å². The van der Waals surface area contributed by atoms with Gasteiger partial charge in [-0.2, -0.15) is 0 Å². The second-order valence-corrected chi connectivity index (χ2v) is 6.90. The van der Waals surface area contributed by atoms with E-state index in [4.69, 9.17) is 4.42 Å². The van der Waals surface area contributed by atoms with Crippen LogP contribution in [0.3, 0.4) is 0 Å². The van der Waals surface area contributed by atoms with E-state index in [1.807, 2.05) is 30.3 Å². The molecule has 0 atom stereocenters. The molecular formula is C22H12N2O6. The molecule has 0 bridgehead atoms. The summed E-state index contributed by atoms with van der Waals surface area (Å²) in [6, 6.07) is 16.1. The third-order valence-electron chi connectivity index (χ3n) is 5.22. The largest absolute Gasteiger partial charge is 0.423 e. The number of hydrogen-bond acceptors (Lipinski definition) is 6. The van der Waals surface area contributed by atoms with Crippen molar-refractivity contribution < 1.29 is 18.9 Å². The van der Waals surface area contributed by atoms with E-state index in [0.717, 1.165) is 15.7 Å². The van der Waals surface area contributed by atoms with Gasteiger partial charge in [-0.25, -0.2) is 4.79 Å². The average Bonchev–Trinajstić information content (AvgIpc) is 2.98. The van der Waals surface area contributed by atoms with Crippen molar-refractivity contribution in [2.75, 3.05) is 0 Å². The van der Waals surface area contributed by atoms with Crippen molar-refractivity contribution in [2.24, 2.45) is 0 Å². The fourth-order valence-electron chi connectivity index (χ4n) is 3.93. The molecule has 2 heterocycles. The minimum absolute atomic E-state index is 0.0219. The Hall–Kier alpha value is -4.33. The Kier molecular flexibility index (Phi) is 3.75. The van der Waals surface area contributed by atoms with Crippen LogP contribution in [0, 0.1) is 10.1 Å². The molecule has 0 aliphatic carbocycles. The molecule has 1 aliphatic heterocycles. The zero-order valence-electron chi connectivity index (χ0n) is 15.3. The minimum Gasteiger partial charge on any atom is -0.423 e. The molecule has 5 rings (SSSR count). The molecule has 2 amide bonds. The fourth-order valence-corrected chi connectivity index (χ4v) is 3.93. The summed E-state index contributed by atoms with van der Waals surface area (Å²) in [5.74, 6) is -1.40. The standard InChI is InChI=1S/C22H12N2O6/c25-18-10-13(19-14-5-2-1-4-12(14)8-9-17(19)30-18)11-23-21(26)15-6-3-7-16(24(28)29)20(15)22(23)27/h1-10H,11H2. The zero-order chi connectivity index (χ0) is 21.0. The number of nitro groups is 1. The van der Waals surface area contributed by atoms with E-state index >= 15 is 0 Å². The van der Waals surface area contributed by atoms with E-state index in [-0.39, 0.29) is 17.7 Å². The molecule has 4 aromatic rings.